The van der Waals surface area contributed by atoms with Crippen molar-refractivity contribution in [2.45, 2.75) is 45.3 Å². The molecule has 0 radical (unpaired) electrons. The van der Waals surface area contributed by atoms with Crippen LogP contribution in [0.3, 0.4) is 0 Å². The molecule has 182 valence electrons. The number of sulfonamides is 1. The Morgan fingerprint density at radius 2 is 1.76 bits per heavy atom. The van der Waals surface area contributed by atoms with Gasteiger partial charge in [-0.15, -0.1) is 0 Å². The van der Waals surface area contributed by atoms with Crippen molar-refractivity contribution in [3.63, 3.8) is 0 Å². The number of carboxylic acids is 1. The molecule has 3 atom stereocenters. The predicted molar refractivity (Wildman–Crippen MR) is 131 cm³/mol. The second kappa shape index (κ2) is 11.3. The van der Waals surface area contributed by atoms with Crippen molar-refractivity contribution in [1.82, 2.24) is 4.72 Å². The average Bonchev–Trinajstić information content (AvgIpc) is 2.73. The summed E-state index contributed by atoms with van der Waals surface area (Å²) in [7, 11) is -8.13. The Balaban J connectivity index is 2.18. The van der Waals surface area contributed by atoms with Crippen molar-refractivity contribution in [2.24, 2.45) is 5.92 Å². The monoisotopic (exact) mass is 496 g/mol. The highest BCUT2D eigenvalue weighted by atomic mass is 32.2. The Hall–Kier alpha value is -2.19. The standard InChI is InChI=1S/C23H33N2O6PS/c1-16(2)22(25-33(30,31)14-8-11-18-9-5-4-6-10-18)32(28,29)15-20(23(26)27)19-12-7-13-21(24)17(19)3/h4-7,9-10,12-13,16,20,22,25H,8,11,14-15,24H2,1-3H3,(H,26,27)(H,28,29). The van der Waals surface area contributed by atoms with Gasteiger partial charge in [-0.05, 0) is 48.4 Å². The molecule has 5 N–H and O–H groups in total. The number of hydrogen-bond donors (Lipinski definition) is 4. The molecule has 0 aliphatic heterocycles. The molecule has 2 aromatic rings. The van der Waals surface area contributed by atoms with E-state index in [1.54, 1.807) is 39.0 Å². The van der Waals surface area contributed by atoms with Crippen LogP contribution in [0, 0.1) is 12.8 Å². The summed E-state index contributed by atoms with van der Waals surface area (Å²) < 4.78 is 41.1. The van der Waals surface area contributed by atoms with Gasteiger partial charge in [-0.3, -0.25) is 9.36 Å². The highest BCUT2D eigenvalue weighted by molar-refractivity contribution is 7.89. The number of benzene rings is 2. The van der Waals surface area contributed by atoms with E-state index in [4.69, 9.17) is 5.73 Å². The molecule has 0 saturated carbocycles. The van der Waals surface area contributed by atoms with Gasteiger partial charge in [-0.1, -0.05) is 56.3 Å². The van der Waals surface area contributed by atoms with E-state index in [1.807, 2.05) is 30.3 Å². The molecule has 3 unspecified atom stereocenters. The lowest BCUT2D eigenvalue weighted by Gasteiger charge is -2.29. The molecule has 0 fully saturated rings. The van der Waals surface area contributed by atoms with Crippen LogP contribution in [0.15, 0.2) is 48.5 Å². The van der Waals surface area contributed by atoms with Crippen LogP contribution in [-0.2, 0) is 25.8 Å². The summed E-state index contributed by atoms with van der Waals surface area (Å²) in [6.45, 7) is 4.90. The first-order valence-corrected chi connectivity index (χ1v) is 14.3. The molecular formula is C23H33N2O6PS. The molecule has 0 spiro atoms. The lowest BCUT2D eigenvalue weighted by atomic mass is 9.95. The Morgan fingerprint density at radius 1 is 1.12 bits per heavy atom. The zero-order valence-electron chi connectivity index (χ0n) is 19.1. The summed E-state index contributed by atoms with van der Waals surface area (Å²) in [5.74, 6) is -4.61. The van der Waals surface area contributed by atoms with Crippen molar-refractivity contribution in [3.8, 4) is 0 Å². The zero-order valence-corrected chi connectivity index (χ0v) is 20.9. The van der Waals surface area contributed by atoms with Gasteiger partial charge in [0.05, 0.1) is 11.7 Å². The normalized spacial score (nSPS) is 15.7. The Labute approximate surface area is 195 Å². The lowest BCUT2D eigenvalue weighted by molar-refractivity contribution is -0.138. The molecule has 0 saturated heterocycles. The van der Waals surface area contributed by atoms with Crippen molar-refractivity contribution in [1.29, 1.82) is 0 Å². The third-order valence-electron chi connectivity index (χ3n) is 5.62. The van der Waals surface area contributed by atoms with E-state index in [2.05, 4.69) is 4.72 Å². The number of carboxylic acid groups (broad SMARTS) is 1. The van der Waals surface area contributed by atoms with Crippen LogP contribution in [0.5, 0.6) is 0 Å². The van der Waals surface area contributed by atoms with Gasteiger partial charge in [0, 0.05) is 11.8 Å². The molecular weight excluding hydrogens is 463 g/mol. The second-order valence-corrected chi connectivity index (χ2v) is 12.9. The number of nitrogens with two attached hydrogens (primary N) is 1. The summed E-state index contributed by atoms with van der Waals surface area (Å²) in [5, 5.41) is 9.77. The van der Waals surface area contributed by atoms with Gasteiger partial charge in [-0.2, -0.15) is 0 Å². The van der Waals surface area contributed by atoms with Gasteiger partial charge in [0.25, 0.3) is 0 Å². The minimum Gasteiger partial charge on any atom is -0.481 e. The fourth-order valence-electron chi connectivity index (χ4n) is 3.77. The maximum Gasteiger partial charge on any atom is 0.311 e. The zero-order chi connectivity index (χ0) is 24.8. The van der Waals surface area contributed by atoms with Crippen molar-refractivity contribution in [2.75, 3.05) is 17.6 Å². The van der Waals surface area contributed by atoms with Crippen LogP contribution in [0.2, 0.25) is 0 Å². The number of rotatable bonds is 12. The van der Waals surface area contributed by atoms with Crippen LogP contribution in [-0.4, -0.2) is 42.1 Å². The number of nitrogens with one attached hydrogen (secondary N) is 1. The second-order valence-electron chi connectivity index (χ2n) is 8.61. The Morgan fingerprint density at radius 3 is 2.33 bits per heavy atom. The number of anilines is 1. The molecule has 0 aliphatic carbocycles. The van der Waals surface area contributed by atoms with E-state index in [0.29, 0.717) is 29.7 Å². The quantitative estimate of drug-likeness (QED) is 0.259. The molecule has 8 nitrogen and oxygen atoms in total. The van der Waals surface area contributed by atoms with E-state index < -0.39 is 47.1 Å². The Bertz CT molecular complexity index is 1110. The highest BCUT2D eigenvalue weighted by Crippen LogP contribution is 2.51. The van der Waals surface area contributed by atoms with Gasteiger partial charge in [-0.25, -0.2) is 13.1 Å². The number of hydrogen-bond acceptors (Lipinski definition) is 5. The van der Waals surface area contributed by atoms with Crippen LogP contribution in [0.4, 0.5) is 5.69 Å². The fourth-order valence-corrected chi connectivity index (χ4v) is 8.23. The summed E-state index contributed by atoms with van der Waals surface area (Å²) in [5.41, 5.74) is 8.13. The van der Waals surface area contributed by atoms with Crippen LogP contribution >= 0.6 is 7.37 Å². The first-order chi connectivity index (χ1) is 15.3. The molecule has 0 heterocycles. The lowest BCUT2D eigenvalue weighted by Crippen LogP contribution is -2.41. The van der Waals surface area contributed by atoms with E-state index >= 15 is 0 Å². The van der Waals surface area contributed by atoms with Crippen LogP contribution in [0.25, 0.3) is 0 Å². The van der Waals surface area contributed by atoms with E-state index in [1.165, 1.54) is 0 Å². The maximum absolute atomic E-state index is 13.3. The molecule has 33 heavy (non-hydrogen) atoms. The third kappa shape index (κ3) is 7.67. The van der Waals surface area contributed by atoms with Crippen molar-refractivity contribution in [3.05, 3.63) is 65.2 Å². The van der Waals surface area contributed by atoms with Gasteiger partial charge >= 0.3 is 5.97 Å². The molecule has 0 amide bonds. The summed E-state index contributed by atoms with van der Waals surface area (Å²) >= 11 is 0. The van der Waals surface area contributed by atoms with E-state index in [9.17, 15) is 27.8 Å². The van der Waals surface area contributed by atoms with Gasteiger partial charge < -0.3 is 15.7 Å². The van der Waals surface area contributed by atoms with Crippen LogP contribution in [0.1, 0.15) is 42.9 Å². The van der Waals surface area contributed by atoms with Crippen molar-refractivity contribution >= 4 is 29.0 Å². The van der Waals surface area contributed by atoms with E-state index in [0.717, 1.165) is 5.56 Å². The molecule has 2 aromatic carbocycles. The van der Waals surface area contributed by atoms with Gasteiger partial charge in [0.1, 0.15) is 5.78 Å². The molecule has 0 aromatic heterocycles. The number of carbonyl (C=O) groups is 1. The largest absolute Gasteiger partial charge is 0.481 e. The predicted octanol–water partition coefficient (Wildman–Crippen LogP) is 3.55. The first kappa shape index (κ1) is 27.1. The highest BCUT2D eigenvalue weighted by Gasteiger charge is 2.40. The van der Waals surface area contributed by atoms with Crippen LogP contribution < -0.4 is 10.5 Å². The Kier molecular flexibility index (Phi) is 9.26. The summed E-state index contributed by atoms with van der Waals surface area (Å²) in [6.07, 6.45) is 0.294. The van der Waals surface area contributed by atoms with Gasteiger partial charge in [0.2, 0.25) is 17.4 Å². The summed E-state index contributed by atoms with van der Waals surface area (Å²) in [6, 6.07) is 14.2. The maximum atomic E-state index is 13.3. The molecule has 10 heteroatoms. The minimum atomic E-state index is -4.27. The smallest absolute Gasteiger partial charge is 0.311 e. The number of aliphatic carboxylic acids is 1. The first-order valence-electron chi connectivity index (χ1n) is 10.8. The van der Waals surface area contributed by atoms with E-state index in [-0.39, 0.29) is 5.75 Å². The number of aryl methyl sites for hydroxylation is 1. The summed E-state index contributed by atoms with van der Waals surface area (Å²) in [4.78, 5) is 22.9. The third-order valence-corrected chi connectivity index (χ3v) is 9.72. The van der Waals surface area contributed by atoms with Crippen molar-refractivity contribution < 1.29 is 27.8 Å². The number of nitrogen functional groups attached to an aromatic ring is 1. The topological polar surface area (TPSA) is 147 Å². The fraction of sp³-hybridized carbons (Fsp3) is 0.435. The SMILES string of the molecule is Cc1c(N)cccc1C(CP(=O)(O)C(NS(=O)(=O)CCCc1ccccc1)C(C)C)C(=O)O. The molecule has 2 rings (SSSR count). The van der Waals surface area contributed by atoms with Gasteiger partial charge in [0.15, 0.2) is 0 Å². The molecule has 0 bridgehead atoms. The minimum absolute atomic E-state index is 0.207. The molecule has 0 aliphatic rings. The average molecular weight is 497 g/mol.